The lowest BCUT2D eigenvalue weighted by Gasteiger charge is -2.36. The van der Waals surface area contributed by atoms with E-state index < -0.39 is 11.9 Å². The summed E-state index contributed by atoms with van der Waals surface area (Å²) in [5, 5.41) is 2.91. The lowest BCUT2D eigenvalue weighted by atomic mass is 10.0. The normalized spacial score (nSPS) is 15.7. The van der Waals surface area contributed by atoms with Crippen LogP contribution in [0.3, 0.4) is 0 Å². The fraction of sp³-hybridized carbons (Fsp3) is 0.292. The SMILES string of the molecule is CC(NC(=O)c1ccc(-c2ccc(F)cc2)o1)c1cc(F)ccc1N1CCN(C)CC1. The van der Waals surface area contributed by atoms with E-state index in [0.29, 0.717) is 11.3 Å². The molecule has 1 saturated heterocycles. The van der Waals surface area contributed by atoms with Gasteiger partial charge >= 0.3 is 0 Å². The van der Waals surface area contributed by atoms with Gasteiger partial charge in [-0.05, 0) is 68.6 Å². The second-order valence-electron chi connectivity index (χ2n) is 7.86. The summed E-state index contributed by atoms with van der Waals surface area (Å²) in [6, 6.07) is 13.4. The highest BCUT2D eigenvalue weighted by Crippen LogP contribution is 2.29. The number of likely N-dealkylation sites (N-methyl/N-ethyl adjacent to an activating group) is 1. The van der Waals surface area contributed by atoms with Crippen molar-refractivity contribution in [3.63, 3.8) is 0 Å². The predicted molar refractivity (Wildman–Crippen MR) is 116 cm³/mol. The van der Waals surface area contributed by atoms with Crippen molar-refractivity contribution in [3.05, 3.63) is 77.6 Å². The summed E-state index contributed by atoms with van der Waals surface area (Å²) in [5.41, 5.74) is 2.33. The number of nitrogens with zero attached hydrogens (tertiary/aromatic N) is 2. The van der Waals surface area contributed by atoms with Crippen LogP contribution < -0.4 is 10.2 Å². The maximum absolute atomic E-state index is 14.0. The van der Waals surface area contributed by atoms with Crippen molar-refractivity contribution < 1.29 is 18.0 Å². The van der Waals surface area contributed by atoms with Crippen LogP contribution in [0.1, 0.15) is 29.1 Å². The van der Waals surface area contributed by atoms with E-state index in [9.17, 15) is 13.6 Å². The molecule has 5 nitrogen and oxygen atoms in total. The summed E-state index contributed by atoms with van der Waals surface area (Å²) in [6.45, 7) is 5.37. The molecular weight excluding hydrogens is 400 g/mol. The van der Waals surface area contributed by atoms with Crippen LogP contribution in [0.25, 0.3) is 11.3 Å². The first-order valence-electron chi connectivity index (χ1n) is 10.3. The van der Waals surface area contributed by atoms with Gasteiger partial charge < -0.3 is 19.5 Å². The Labute approximate surface area is 180 Å². The topological polar surface area (TPSA) is 48.7 Å². The number of anilines is 1. The molecule has 1 fully saturated rings. The van der Waals surface area contributed by atoms with Crippen LogP contribution in [0.15, 0.2) is 59.0 Å². The van der Waals surface area contributed by atoms with Gasteiger partial charge in [-0.3, -0.25) is 4.79 Å². The molecule has 4 rings (SSSR count). The van der Waals surface area contributed by atoms with Gasteiger partial charge in [0, 0.05) is 43.0 Å². The molecule has 1 unspecified atom stereocenters. The molecule has 2 aromatic carbocycles. The Morgan fingerprint density at radius 2 is 1.65 bits per heavy atom. The zero-order valence-corrected chi connectivity index (χ0v) is 17.6. The zero-order valence-electron chi connectivity index (χ0n) is 17.6. The number of benzene rings is 2. The number of nitrogens with one attached hydrogen (secondary N) is 1. The second-order valence-corrected chi connectivity index (χ2v) is 7.86. The summed E-state index contributed by atoms with van der Waals surface area (Å²) in [7, 11) is 2.08. The van der Waals surface area contributed by atoms with Crippen LogP contribution >= 0.6 is 0 Å². The maximum Gasteiger partial charge on any atom is 0.287 e. The van der Waals surface area contributed by atoms with Crippen LogP contribution in [-0.4, -0.2) is 44.0 Å². The van der Waals surface area contributed by atoms with Crippen molar-refractivity contribution in [1.82, 2.24) is 10.2 Å². The Morgan fingerprint density at radius 3 is 2.35 bits per heavy atom. The van der Waals surface area contributed by atoms with E-state index in [2.05, 4.69) is 22.2 Å². The first-order chi connectivity index (χ1) is 14.9. The molecule has 1 amide bonds. The lowest BCUT2D eigenvalue weighted by molar-refractivity contribution is 0.0912. The smallest absolute Gasteiger partial charge is 0.287 e. The maximum atomic E-state index is 14.0. The predicted octanol–water partition coefficient (Wildman–Crippen LogP) is 4.47. The third-order valence-electron chi connectivity index (χ3n) is 5.61. The highest BCUT2D eigenvalue weighted by Gasteiger charge is 2.22. The van der Waals surface area contributed by atoms with Crippen molar-refractivity contribution in [1.29, 1.82) is 0 Å². The van der Waals surface area contributed by atoms with Gasteiger partial charge in [0.15, 0.2) is 5.76 Å². The Morgan fingerprint density at radius 1 is 0.968 bits per heavy atom. The standard InChI is InChI=1S/C24H25F2N3O2/c1-16(20-15-19(26)7-8-21(20)29-13-11-28(2)12-14-29)27-24(30)23-10-9-22(31-23)17-3-5-18(25)6-4-17/h3-10,15-16H,11-14H2,1-2H3,(H,27,30). The molecule has 1 N–H and O–H groups in total. The van der Waals surface area contributed by atoms with Gasteiger partial charge in [0.2, 0.25) is 0 Å². The third-order valence-corrected chi connectivity index (χ3v) is 5.61. The molecule has 1 aliphatic heterocycles. The van der Waals surface area contributed by atoms with Crippen molar-refractivity contribution in [2.75, 3.05) is 38.1 Å². The first-order valence-corrected chi connectivity index (χ1v) is 10.3. The number of hydrogen-bond acceptors (Lipinski definition) is 4. The van der Waals surface area contributed by atoms with Gasteiger partial charge in [-0.1, -0.05) is 0 Å². The molecule has 1 aromatic heterocycles. The quantitative estimate of drug-likeness (QED) is 0.656. The van der Waals surface area contributed by atoms with Gasteiger partial charge in [0.1, 0.15) is 17.4 Å². The number of carbonyl (C=O) groups excluding carboxylic acids is 1. The molecule has 7 heteroatoms. The lowest BCUT2D eigenvalue weighted by Crippen LogP contribution is -2.45. The highest BCUT2D eigenvalue weighted by atomic mass is 19.1. The van der Waals surface area contributed by atoms with Gasteiger partial charge in [-0.15, -0.1) is 0 Å². The second kappa shape index (κ2) is 8.89. The number of furan rings is 1. The number of rotatable bonds is 5. The third kappa shape index (κ3) is 4.77. The van der Waals surface area contributed by atoms with Crippen molar-refractivity contribution in [3.8, 4) is 11.3 Å². The van der Waals surface area contributed by atoms with Gasteiger partial charge in [-0.2, -0.15) is 0 Å². The van der Waals surface area contributed by atoms with Crippen LogP contribution in [-0.2, 0) is 0 Å². The van der Waals surface area contributed by atoms with Crippen LogP contribution in [0.4, 0.5) is 14.5 Å². The molecule has 0 bridgehead atoms. The zero-order chi connectivity index (χ0) is 22.0. The highest BCUT2D eigenvalue weighted by molar-refractivity contribution is 5.92. The minimum Gasteiger partial charge on any atom is -0.451 e. The average molecular weight is 425 g/mol. The Hall–Kier alpha value is -3.19. The van der Waals surface area contributed by atoms with Crippen LogP contribution in [0.2, 0.25) is 0 Å². The van der Waals surface area contributed by atoms with Gasteiger partial charge in [-0.25, -0.2) is 8.78 Å². The molecule has 3 aromatic rings. The summed E-state index contributed by atoms with van der Waals surface area (Å²) in [5.74, 6) is -0.459. The number of amides is 1. The minimum atomic E-state index is -0.419. The van der Waals surface area contributed by atoms with E-state index in [4.69, 9.17) is 4.42 Å². The number of halogens is 2. The largest absolute Gasteiger partial charge is 0.451 e. The van der Waals surface area contributed by atoms with Crippen molar-refractivity contribution >= 4 is 11.6 Å². The Balaban J connectivity index is 1.50. The summed E-state index contributed by atoms with van der Waals surface area (Å²) in [6.07, 6.45) is 0. The average Bonchev–Trinajstić information content (AvgIpc) is 3.25. The molecule has 0 radical (unpaired) electrons. The number of piperazine rings is 1. The van der Waals surface area contributed by atoms with E-state index >= 15 is 0 Å². The molecule has 2 heterocycles. The molecule has 0 aliphatic carbocycles. The summed E-state index contributed by atoms with van der Waals surface area (Å²) in [4.78, 5) is 17.2. The molecule has 31 heavy (non-hydrogen) atoms. The van der Waals surface area contributed by atoms with E-state index in [0.717, 1.165) is 37.4 Å². The molecule has 1 aliphatic rings. The molecular formula is C24H25F2N3O2. The van der Waals surface area contributed by atoms with E-state index in [1.165, 1.54) is 24.3 Å². The Bertz CT molecular complexity index is 1060. The van der Waals surface area contributed by atoms with Gasteiger partial charge in [0.05, 0.1) is 6.04 Å². The number of hydrogen-bond donors (Lipinski definition) is 1. The van der Waals surface area contributed by atoms with Crippen molar-refractivity contribution in [2.45, 2.75) is 13.0 Å². The fourth-order valence-corrected chi connectivity index (χ4v) is 3.78. The molecule has 1 atom stereocenters. The monoisotopic (exact) mass is 425 g/mol. The summed E-state index contributed by atoms with van der Waals surface area (Å²) >= 11 is 0. The summed E-state index contributed by atoms with van der Waals surface area (Å²) < 4.78 is 32.8. The first kappa shape index (κ1) is 21.1. The van der Waals surface area contributed by atoms with E-state index in [1.54, 1.807) is 30.3 Å². The van der Waals surface area contributed by atoms with Crippen LogP contribution in [0.5, 0.6) is 0 Å². The van der Waals surface area contributed by atoms with Crippen LogP contribution in [0, 0.1) is 11.6 Å². The van der Waals surface area contributed by atoms with E-state index in [-0.39, 0.29) is 17.4 Å². The molecule has 162 valence electrons. The van der Waals surface area contributed by atoms with Crippen molar-refractivity contribution in [2.24, 2.45) is 0 Å². The molecule has 0 spiro atoms. The molecule has 0 saturated carbocycles. The fourth-order valence-electron chi connectivity index (χ4n) is 3.78. The van der Waals surface area contributed by atoms with Gasteiger partial charge in [0.25, 0.3) is 5.91 Å². The number of carbonyl (C=O) groups is 1. The Kier molecular flexibility index (Phi) is 6.04. The van der Waals surface area contributed by atoms with E-state index in [1.807, 2.05) is 6.92 Å². The minimum absolute atomic E-state index is 0.142.